The summed E-state index contributed by atoms with van der Waals surface area (Å²) in [5.41, 5.74) is 0.525. The monoisotopic (exact) mass is 319 g/mol. The highest BCUT2D eigenvalue weighted by Gasteiger charge is 2.39. The van der Waals surface area contributed by atoms with E-state index < -0.39 is 12.3 Å². The third kappa shape index (κ3) is 3.71. The maximum atomic E-state index is 12.4. The van der Waals surface area contributed by atoms with E-state index in [1.165, 1.54) is 30.1 Å². The van der Waals surface area contributed by atoms with E-state index >= 15 is 0 Å². The number of halogens is 4. The number of aliphatic hydroxyl groups excluding tert-OH is 1. The fourth-order valence-electron chi connectivity index (χ4n) is 1.98. The first kappa shape index (κ1) is 15.7. The van der Waals surface area contributed by atoms with Gasteiger partial charge in [-0.15, -0.1) is 0 Å². The second kappa shape index (κ2) is 5.99. The molecule has 0 saturated carbocycles. The molecule has 0 bridgehead atoms. The van der Waals surface area contributed by atoms with Crippen molar-refractivity contribution in [1.29, 1.82) is 0 Å². The van der Waals surface area contributed by atoms with Crippen molar-refractivity contribution >= 4 is 11.6 Å². The summed E-state index contributed by atoms with van der Waals surface area (Å²) in [5, 5.41) is 9.71. The standard InChI is InChI=1S/C14H13ClF3NO2/c1-21-12-3-2-11(15)6-10(12)8-19-5-4-9(7-19)13(20)14(16,17)18/h2-7,13,20H,8H2,1H3. The number of hydrogen-bond donors (Lipinski definition) is 1. The number of alkyl halides is 3. The van der Waals surface area contributed by atoms with Gasteiger partial charge in [0.05, 0.1) is 13.7 Å². The smallest absolute Gasteiger partial charge is 0.418 e. The Hall–Kier alpha value is -1.66. The van der Waals surface area contributed by atoms with Gasteiger partial charge in [-0.1, -0.05) is 11.6 Å². The van der Waals surface area contributed by atoms with Gasteiger partial charge in [-0.2, -0.15) is 13.2 Å². The SMILES string of the molecule is COc1ccc(Cl)cc1Cn1ccc(C(O)C(F)(F)F)c1. The molecule has 0 amide bonds. The molecule has 0 saturated heterocycles. The minimum absolute atomic E-state index is 0.205. The van der Waals surface area contributed by atoms with Crippen LogP contribution < -0.4 is 4.74 Å². The van der Waals surface area contributed by atoms with Crippen LogP contribution in [0.15, 0.2) is 36.7 Å². The highest BCUT2D eigenvalue weighted by Crippen LogP contribution is 2.32. The molecule has 1 N–H and O–H groups in total. The van der Waals surface area contributed by atoms with E-state index in [0.717, 1.165) is 5.56 Å². The van der Waals surface area contributed by atoms with Gasteiger partial charge in [0.25, 0.3) is 0 Å². The van der Waals surface area contributed by atoms with Crippen molar-refractivity contribution in [2.24, 2.45) is 0 Å². The molecule has 3 nitrogen and oxygen atoms in total. The van der Waals surface area contributed by atoms with Crippen molar-refractivity contribution < 1.29 is 23.0 Å². The third-order valence-corrected chi connectivity index (χ3v) is 3.23. The number of hydrogen-bond acceptors (Lipinski definition) is 2. The van der Waals surface area contributed by atoms with E-state index in [2.05, 4.69) is 0 Å². The lowest BCUT2D eigenvalue weighted by molar-refractivity contribution is -0.206. The summed E-state index contributed by atoms with van der Waals surface area (Å²) >= 11 is 5.90. The zero-order valence-electron chi connectivity index (χ0n) is 11.1. The summed E-state index contributed by atoms with van der Waals surface area (Å²) in [6.07, 6.45) is -4.46. The van der Waals surface area contributed by atoms with Gasteiger partial charge in [0.1, 0.15) is 5.75 Å². The summed E-state index contributed by atoms with van der Waals surface area (Å²) in [6, 6.07) is 6.26. The van der Waals surface area contributed by atoms with Gasteiger partial charge in [-0.25, -0.2) is 0 Å². The fraction of sp³-hybridized carbons (Fsp3) is 0.286. The van der Waals surface area contributed by atoms with Crippen LogP contribution in [0, 0.1) is 0 Å². The first-order chi connectivity index (χ1) is 9.81. The van der Waals surface area contributed by atoms with Crippen LogP contribution in [0.3, 0.4) is 0 Å². The van der Waals surface area contributed by atoms with Crippen LogP contribution >= 0.6 is 11.6 Å². The molecule has 0 aliphatic heterocycles. The molecule has 0 aliphatic rings. The summed E-state index contributed by atoms with van der Waals surface area (Å²) in [7, 11) is 1.50. The molecule has 0 radical (unpaired) electrons. The first-order valence-electron chi connectivity index (χ1n) is 6.04. The number of aromatic nitrogens is 1. The molecule has 114 valence electrons. The van der Waals surface area contributed by atoms with Crippen molar-refractivity contribution in [3.63, 3.8) is 0 Å². The Bertz CT molecular complexity index is 625. The normalized spacial score (nSPS) is 13.2. The molecule has 0 spiro atoms. The van der Waals surface area contributed by atoms with Crippen molar-refractivity contribution in [2.75, 3.05) is 7.11 Å². The van der Waals surface area contributed by atoms with E-state index in [1.54, 1.807) is 18.2 Å². The molecule has 1 aromatic heterocycles. The maximum Gasteiger partial charge on any atom is 0.418 e. The zero-order chi connectivity index (χ0) is 15.6. The van der Waals surface area contributed by atoms with E-state index in [0.29, 0.717) is 10.8 Å². The summed E-state index contributed by atoms with van der Waals surface area (Å²) in [5.74, 6) is 0.589. The number of methoxy groups -OCH3 is 1. The van der Waals surface area contributed by atoms with Gasteiger partial charge in [-0.3, -0.25) is 0 Å². The molecule has 0 aliphatic carbocycles. The molecule has 21 heavy (non-hydrogen) atoms. The van der Waals surface area contributed by atoms with E-state index in [4.69, 9.17) is 16.3 Å². The maximum absolute atomic E-state index is 12.4. The minimum atomic E-state index is -4.68. The predicted molar refractivity (Wildman–Crippen MR) is 72.6 cm³/mol. The molecule has 1 aromatic carbocycles. The van der Waals surface area contributed by atoms with Crippen molar-refractivity contribution in [3.8, 4) is 5.75 Å². The lowest BCUT2D eigenvalue weighted by atomic mass is 10.2. The molecular formula is C14H13ClF3NO2. The van der Waals surface area contributed by atoms with Crippen LogP contribution in [0.4, 0.5) is 13.2 Å². The van der Waals surface area contributed by atoms with Gasteiger partial charge in [0.15, 0.2) is 6.10 Å². The quantitative estimate of drug-likeness (QED) is 0.930. The van der Waals surface area contributed by atoms with Gasteiger partial charge >= 0.3 is 6.18 Å². The molecule has 1 heterocycles. The third-order valence-electron chi connectivity index (χ3n) is 2.99. The molecule has 1 unspecified atom stereocenters. The molecule has 2 rings (SSSR count). The fourth-order valence-corrected chi connectivity index (χ4v) is 2.17. The lowest BCUT2D eigenvalue weighted by Gasteiger charge is -2.13. The van der Waals surface area contributed by atoms with E-state index in [9.17, 15) is 18.3 Å². The lowest BCUT2D eigenvalue weighted by Crippen LogP contribution is -2.19. The van der Waals surface area contributed by atoms with Crippen LogP contribution in [0.5, 0.6) is 5.75 Å². The average Bonchev–Trinajstić information content (AvgIpc) is 2.85. The first-order valence-corrected chi connectivity index (χ1v) is 6.42. The number of nitrogens with zero attached hydrogens (tertiary/aromatic N) is 1. The predicted octanol–water partition coefficient (Wildman–Crippen LogP) is 3.79. The molecular weight excluding hydrogens is 307 g/mol. The Morgan fingerprint density at radius 3 is 2.67 bits per heavy atom. The second-order valence-corrected chi connectivity index (χ2v) is 4.95. The van der Waals surface area contributed by atoms with E-state index in [-0.39, 0.29) is 12.1 Å². The number of rotatable bonds is 4. The van der Waals surface area contributed by atoms with Crippen molar-refractivity contribution in [3.05, 3.63) is 52.8 Å². The number of aliphatic hydroxyl groups is 1. The van der Waals surface area contributed by atoms with Gasteiger partial charge in [0, 0.05) is 28.5 Å². The van der Waals surface area contributed by atoms with Crippen molar-refractivity contribution in [2.45, 2.75) is 18.8 Å². The van der Waals surface area contributed by atoms with Crippen LogP contribution in [-0.2, 0) is 6.54 Å². The average molecular weight is 320 g/mol. The Morgan fingerprint density at radius 1 is 1.33 bits per heavy atom. The summed E-state index contributed by atoms with van der Waals surface area (Å²) in [6.45, 7) is 0.286. The topological polar surface area (TPSA) is 34.4 Å². The Morgan fingerprint density at radius 2 is 2.05 bits per heavy atom. The van der Waals surface area contributed by atoms with Crippen molar-refractivity contribution in [1.82, 2.24) is 4.57 Å². The molecule has 0 fully saturated rings. The Balaban J connectivity index is 2.22. The van der Waals surface area contributed by atoms with Crippen LogP contribution in [0.1, 0.15) is 17.2 Å². The number of ether oxygens (including phenoxy) is 1. The Kier molecular flexibility index (Phi) is 4.49. The van der Waals surface area contributed by atoms with Gasteiger partial charge in [-0.05, 0) is 24.3 Å². The summed E-state index contributed by atoms with van der Waals surface area (Å²) < 4.78 is 44.0. The summed E-state index contributed by atoms with van der Waals surface area (Å²) in [4.78, 5) is 0. The highest BCUT2D eigenvalue weighted by atomic mass is 35.5. The van der Waals surface area contributed by atoms with Crippen LogP contribution in [-0.4, -0.2) is 23.0 Å². The largest absolute Gasteiger partial charge is 0.496 e. The van der Waals surface area contributed by atoms with E-state index in [1.807, 2.05) is 0 Å². The molecule has 7 heteroatoms. The van der Waals surface area contributed by atoms with Crippen LogP contribution in [0.2, 0.25) is 5.02 Å². The Labute approximate surface area is 124 Å². The zero-order valence-corrected chi connectivity index (χ0v) is 11.8. The highest BCUT2D eigenvalue weighted by molar-refractivity contribution is 6.30. The minimum Gasteiger partial charge on any atom is -0.496 e. The molecule has 1 atom stereocenters. The second-order valence-electron chi connectivity index (χ2n) is 4.52. The number of benzene rings is 1. The van der Waals surface area contributed by atoms with Crippen LogP contribution in [0.25, 0.3) is 0 Å². The molecule has 2 aromatic rings. The van der Waals surface area contributed by atoms with Gasteiger partial charge in [0.2, 0.25) is 0 Å². The van der Waals surface area contributed by atoms with Gasteiger partial charge < -0.3 is 14.4 Å².